The predicted molar refractivity (Wildman–Crippen MR) is 138 cm³/mol. The van der Waals surface area contributed by atoms with Crippen LogP contribution in [0, 0.1) is 12.7 Å². The molecule has 3 aromatic rings. The van der Waals surface area contributed by atoms with E-state index < -0.39 is 0 Å². The lowest BCUT2D eigenvalue weighted by atomic mass is 10.1. The van der Waals surface area contributed by atoms with Crippen LogP contribution in [0.15, 0.2) is 48.5 Å². The monoisotopic (exact) mass is 485 g/mol. The molecule has 1 aromatic heterocycles. The Labute approximate surface area is 204 Å². The number of hydrogen-bond acceptors (Lipinski definition) is 5. The fourth-order valence-corrected chi connectivity index (χ4v) is 5.56. The molecule has 0 aliphatic carbocycles. The number of carbonyl (C=O) groups is 1. The van der Waals surface area contributed by atoms with Gasteiger partial charge in [-0.3, -0.25) is 9.69 Å². The molecular weight excluding hydrogens is 453 g/mol. The molecule has 0 saturated heterocycles. The van der Waals surface area contributed by atoms with Crippen molar-refractivity contribution in [3.05, 3.63) is 76.0 Å². The molecule has 0 aliphatic heterocycles. The SMILES string of the molecule is CCN(CC)Cc1ccc(-c2nc(C)c(CSCC(=O)NCCc3ccc(F)cc3)s2)cc1. The number of halogens is 1. The van der Waals surface area contributed by atoms with Gasteiger partial charge in [0.15, 0.2) is 0 Å². The van der Waals surface area contributed by atoms with Gasteiger partial charge < -0.3 is 5.32 Å². The van der Waals surface area contributed by atoms with E-state index in [1.54, 1.807) is 35.2 Å². The molecule has 33 heavy (non-hydrogen) atoms. The maximum Gasteiger partial charge on any atom is 0.230 e. The highest BCUT2D eigenvalue weighted by Crippen LogP contribution is 2.30. The van der Waals surface area contributed by atoms with E-state index in [1.807, 2.05) is 6.92 Å². The number of nitrogens with zero attached hydrogens (tertiary/aromatic N) is 2. The van der Waals surface area contributed by atoms with Crippen molar-refractivity contribution in [3.63, 3.8) is 0 Å². The van der Waals surface area contributed by atoms with Crippen molar-refractivity contribution >= 4 is 29.0 Å². The first-order valence-corrected chi connectivity index (χ1v) is 13.3. The van der Waals surface area contributed by atoms with Crippen molar-refractivity contribution in [2.45, 2.75) is 39.5 Å². The zero-order valence-electron chi connectivity index (χ0n) is 19.6. The van der Waals surface area contributed by atoms with E-state index in [-0.39, 0.29) is 11.7 Å². The Kier molecular flexibility index (Phi) is 9.91. The molecule has 1 amide bonds. The minimum absolute atomic E-state index is 0.0216. The van der Waals surface area contributed by atoms with E-state index in [9.17, 15) is 9.18 Å². The third kappa shape index (κ3) is 7.95. The fourth-order valence-electron chi connectivity index (χ4n) is 3.43. The quantitative estimate of drug-likeness (QED) is 0.358. The lowest BCUT2D eigenvalue weighted by Gasteiger charge is -2.17. The second-order valence-electron chi connectivity index (χ2n) is 7.91. The van der Waals surface area contributed by atoms with Gasteiger partial charge in [0.1, 0.15) is 10.8 Å². The highest BCUT2D eigenvalue weighted by atomic mass is 32.2. The van der Waals surface area contributed by atoms with E-state index in [2.05, 4.69) is 48.3 Å². The fraction of sp³-hybridized carbons (Fsp3) is 0.385. The Morgan fingerprint density at radius 3 is 2.39 bits per heavy atom. The average molecular weight is 486 g/mol. The average Bonchev–Trinajstić information content (AvgIpc) is 3.19. The summed E-state index contributed by atoms with van der Waals surface area (Å²) in [4.78, 5) is 20.5. The topological polar surface area (TPSA) is 45.2 Å². The number of rotatable bonds is 12. The van der Waals surface area contributed by atoms with Crippen LogP contribution in [0.4, 0.5) is 4.39 Å². The second-order valence-corrected chi connectivity index (χ2v) is 9.97. The zero-order chi connectivity index (χ0) is 23.6. The highest BCUT2D eigenvalue weighted by Gasteiger charge is 2.11. The Morgan fingerprint density at radius 2 is 1.73 bits per heavy atom. The van der Waals surface area contributed by atoms with E-state index in [0.717, 1.165) is 47.2 Å². The van der Waals surface area contributed by atoms with Crippen molar-refractivity contribution in [3.8, 4) is 10.6 Å². The summed E-state index contributed by atoms with van der Waals surface area (Å²) in [6, 6.07) is 15.1. The number of aryl methyl sites for hydroxylation is 1. The van der Waals surface area contributed by atoms with Crippen LogP contribution in [0.3, 0.4) is 0 Å². The Bertz CT molecular complexity index is 1020. The maximum absolute atomic E-state index is 12.9. The largest absolute Gasteiger partial charge is 0.355 e. The van der Waals surface area contributed by atoms with Crippen LogP contribution in [-0.4, -0.2) is 41.2 Å². The molecule has 4 nitrogen and oxygen atoms in total. The van der Waals surface area contributed by atoms with Gasteiger partial charge in [-0.05, 0) is 49.7 Å². The summed E-state index contributed by atoms with van der Waals surface area (Å²) in [5, 5.41) is 3.96. The molecule has 0 bridgehead atoms. The number of thiazole rings is 1. The van der Waals surface area contributed by atoms with E-state index in [1.165, 1.54) is 22.6 Å². The summed E-state index contributed by atoms with van der Waals surface area (Å²) in [6.07, 6.45) is 0.696. The third-order valence-electron chi connectivity index (χ3n) is 5.51. The molecule has 0 aliphatic rings. The molecule has 1 N–H and O–H groups in total. The van der Waals surface area contributed by atoms with Gasteiger partial charge in [-0.1, -0.05) is 50.2 Å². The van der Waals surface area contributed by atoms with Crippen molar-refractivity contribution < 1.29 is 9.18 Å². The van der Waals surface area contributed by atoms with Crippen molar-refractivity contribution in [1.82, 2.24) is 15.2 Å². The van der Waals surface area contributed by atoms with Gasteiger partial charge in [0, 0.05) is 29.3 Å². The number of hydrogen-bond donors (Lipinski definition) is 1. The molecule has 0 saturated carbocycles. The summed E-state index contributed by atoms with van der Waals surface area (Å²) >= 11 is 3.31. The summed E-state index contributed by atoms with van der Waals surface area (Å²) in [6.45, 7) is 10.0. The molecule has 1 heterocycles. The van der Waals surface area contributed by atoms with Gasteiger partial charge in [-0.25, -0.2) is 9.37 Å². The van der Waals surface area contributed by atoms with Crippen LogP contribution < -0.4 is 5.32 Å². The van der Waals surface area contributed by atoms with Gasteiger partial charge in [0.25, 0.3) is 0 Å². The standard InChI is InChI=1S/C26H32FN3OS2/c1-4-30(5-2)16-21-6-10-22(11-7-21)26-29-19(3)24(33-26)17-32-18-25(31)28-15-14-20-8-12-23(27)13-9-20/h6-13H,4-5,14-18H2,1-3H3,(H,28,31). The number of thioether (sulfide) groups is 1. The maximum atomic E-state index is 12.9. The Morgan fingerprint density at radius 1 is 1.06 bits per heavy atom. The van der Waals surface area contributed by atoms with E-state index in [4.69, 9.17) is 4.98 Å². The first-order valence-electron chi connectivity index (χ1n) is 11.3. The van der Waals surface area contributed by atoms with E-state index >= 15 is 0 Å². The third-order valence-corrected chi connectivity index (χ3v) is 7.86. The molecule has 0 unspecified atom stereocenters. The Hall–Kier alpha value is -2.22. The first kappa shape index (κ1) is 25.4. The molecular formula is C26H32FN3OS2. The van der Waals surface area contributed by atoms with Gasteiger partial charge in [-0.2, -0.15) is 0 Å². The Balaban J connectivity index is 1.44. The van der Waals surface area contributed by atoms with Gasteiger partial charge in [0.05, 0.1) is 11.4 Å². The zero-order valence-corrected chi connectivity index (χ0v) is 21.2. The predicted octanol–water partition coefficient (Wildman–Crippen LogP) is 5.69. The molecule has 0 fully saturated rings. The minimum atomic E-state index is -0.243. The summed E-state index contributed by atoms with van der Waals surface area (Å²) in [5.41, 5.74) is 4.50. The normalized spacial score (nSPS) is 11.2. The van der Waals surface area contributed by atoms with Crippen LogP contribution in [0.1, 0.15) is 35.5 Å². The minimum Gasteiger partial charge on any atom is -0.355 e. The van der Waals surface area contributed by atoms with Crippen LogP contribution in [0.2, 0.25) is 0 Å². The molecule has 2 aromatic carbocycles. The number of nitrogens with one attached hydrogen (secondary N) is 1. The second kappa shape index (κ2) is 12.9. The summed E-state index contributed by atoms with van der Waals surface area (Å²) in [5.74, 6) is 0.965. The van der Waals surface area contributed by atoms with Crippen LogP contribution in [0.5, 0.6) is 0 Å². The van der Waals surface area contributed by atoms with Crippen molar-refractivity contribution in [2.75, 3.05) is 25.4 Å². The number of aromatic nitrogens is 1. The van der Waals surface area contributed by atoms with Crippen molar-refractivity contribution in [1.29, 1.82) is 0 Å². The number of amides is 1. The summed E-state index contributed by atoms with van der Waals surface area (Å²) < 4.78 is 12.9. The molecule has 3 rings (SSSR count). The highest BCUT2D eigenvalue weighted by molar-refractivity contribution is 7.99. The molecule has 0 spiro atoms. The van der Waals surface area contributed by atoms with Gasteiger partial charge >= 0.3 is 0 Å². The molecule has 7 heteroatoms. The van der Waals surface area contributed by atoms with Crippen LogP contribution >= 0.6 is 23.1 Å². The smallest absolute Gasteiger partial charge is 0.230 e. The first-order chi connectivity index (χ1) is 16.0. The number of benzene rings is 2. The lowest BCUT2D eigenvalue weighted by Crippen LogP contribution is -2.27. The van der Waals surface area contributed by atoms with Gasteiger partial charge in [0.2, 0.25) is 5.91 Å². The lowest BCUT2D eigenvalue weighted by molar-refractivity contribution is -0.118. The van der Waals surface area contributed by atoms with Gasteiger partial charge in [-0.15, -0.1) is 23.1 Å². The summed E-state index contributed by atoms with van der Waals surface area (Å²) in [7, 11) is 0. The molecule has 0 atom stereocenters. The number of carbonyl (C=O) groups excluding carboxylic acids is 1. The van der Waals surface area contributed by atoms with Crippen LogP contribution in [0.25, 0.3) is 10.6 Å². The van der Waals surface area contributed by atoms with E-state index in [0.29, 0.717) is 18.7 Å². The molecule has 176 valence electrons. The van der Waals surface area contributed by atoms with Crippen molar-refractivity contribution in [2.24, 2.45) is 0 Å². The van der Waals surface area contributed by atoms with Crippen LogP contribution in [-0.2, 0) is 23.5 Å². The molecule has 0 radical (unpaired) electrons.